The minimum Gasteiger partial charge on any atom is -0.484 e. The van der Waals surface area contributed by atoms with E-state index in [-0.39, 0.29) is 18.6 Å². The summed E-state index contributed by atoms with van der Waals surface area (Å²) in [5.74, 6) is 0.580. The van der Waals surface area contributed by atoms with E-state index in [0.717, 1.165) is 19.3 Å². The molecule has 0 radical (unpaired) electrons. The van der Waals surface area contributed by atoms with Crippen molar-refractivity contribution >= 4 is 5.91 Å². The molecule has 3 N–H and O–H groups in total. The summed E-state index contributed by atoms with van der Waals surface area (Å²) in [5, 5.41) is 2.88. The Morgan fingerprint density at radius 3 is 2.72 bits per heavy atom. The summed E-state index contributed by atoms with van der Waals surface area (Å²) < 4.78 is 5.36. The first-order chi connectivity index (χ1) is 8.76. The quantitative estimate of drug-likeness (QED) is 0.738. The molecular formula is C14H22N2O2. The molecule has 0 aliphatic rings. The van der Waals surface area contributed by atoms with Crippen molar-refractivity contribution in [3.05, 3.63) is 30.3 Å². The predicted molar refractivity (Wildman–Crippen MR) is 72.4 cm³/mol. The molecule has 0 aliphatic carbocycles. The lowest BCUT2D eigenvalue weighted by atomic mass is 10.1. The van der Waals surface area contributed by atoms with Crippen molar-refractivity contribution in [2.45, 2.75) is 32.2 Å². The van der Waals surface area contributed by atoms with Crippen LogP contribution in [0.3, 0.4) is 0 Å². The van der Waals surface area contributed by atoms with Gasteiger partial charge in [0.25, 0.3) is 5.91 Å². The van der Waals surface area contributed by atoms with Crippen molar-refractivity contribution in [2.75, 3.05) is 13.2 Å². The number of hydrogen-bond donors (Lipinski definition) is 2. The van der Waals surface area contributed by atoms with E-state index < -0.39 is 0 Å². The van der Waals surface area contributed by atoms with E-state index in [1.165, 1.54) is 0 Å². The summed E-state index contributed by atoms with van der Waals surface area (Å²) in [4.78, 5) is 11.7. The average Bonchev–Trinajstić information content (AvgIpc) is 2.42. The molecule has 100 valence electrons. The standard InChI is InChI=1S/C14H22N2O2/c1-2-3-7-12(10-15)16-14(17)11-18-13-8-5-4-6-9-13/h4-6,8-9,12H,2-3,7,10-11,15H2,1H3,(H,16,17). The van der Waals surface area contributed by atoms with E-state index in [0.29, 0.717) is 12.3 Å². The average molecular weight is 250 g/mol. The van der Waals surface area contributed by atoms with Crippen LogP contribution in [-0.2, 0) is 4.79 Å². The van der Waals surface area contributed by atoms with Gasteiger partial charge in [0.15, 0.2) is 6.61 Å². The van der Waals surface area contributed by atoms with Crippen LogP contribution >= 0.6 is 0 Å². The molecule has 1 aromatic carbocycles. The highest BCUT2D eigenvalue weighted by Crippen LogP contribution is 2.07. The molecule has 0 spiro atoms. The largest absolute Gasteiger partial charge is 0.484 e. The van der Waals surface area contributed by atoms with Crippen LogP contribution in [0.25, 0.3) is 0 Å². The van der Waals surface area contributed by atoms with Crippen LogP contribution in [-0.4, -0.2) is 25.1 Å². The van der Waals surface area contributed by atoms with Crippen molar-refractivity contribution in [3.63, 3.8) is 0 Å². The fraction of sp³-hybridized carbons (Fsp3) is 0.500. The van der Waals surface area contributed by atoms with E-state index in [1.54, 1.807) is 0 Å². The maximum atomic E-state index is 11.7. The van der Waals surface area contributed by atoms with Crippen LogP contribution in [0.5, 0.6) is 5.75 Å². The number of carbonyl (C=O) groups is 1. The van der Waals surface area contributed by atoms with Gasteiger partial charge in [-0.3, -0.25) is 4.79 Å². The summed E-state index contributed by atoms with van der Waals surface area (Å²) in [6.07, 6.45) is 3.10. The Morgan fingerprint density at radius 2 is 2.11 bits per heavy atom. The molecule has 1 amide bonds. The Morgan fingerprint density at radius 1 is 1.39 bits per heavy atom. The molecule has 1 rings (SSSR count). The summed E-state index contributed by atoms with van der Waals surface area (Å²) in [5.41, 5.74) is 5.61. The van der Waals surface area contributed by atoms with Crippen molar-refractivity contribution < 1.29 is 9.53 Å². The second-order valence-corrected chi connectivity index (χ2v) is 4.24. The van der Waals surface area contributed by atoms with E-state index in [9.17, 15) is 4.79 Å². The van der Waals surface area contributed by atoms with Crippen molar-refractivity contribution in [3.8, 4) is 5.75 Å². The lowest BCUT2D eigenvalue weighted by molar-refractivity contribution is -0.123. The summed E-state index contributed by atoms with van der Waals surface area (Å²) in [6.45, 7) is 2.62. The molecule has 0 aromatic heterocycles. The van der Waals surface area contributed by atoms with Crippen LogP contribution in [0.4, 0.5) is 0 Å². The van der Waals surface area contributed by atoms with E-state index in [4.69, 9.17) is 10.5 Å². The van der Waals surface area contributed by atoms with Gasteiger partial charge in [0.2, 0.25) is 0 Å². The molecule has 1 atom stereocenters. The van der Waals surface area contributed by atoms with Gasteiger partial charge in [-0.05, 0) is 18.6 Å². The molecule has 0 saturated carbocycles. The van der Waals surface area contributed by atoms with Crippen molar-refractivity contribution in [1.29, 1.82) is 0 Å². The zero-order valence-electron chi connectivity index (χ0n) is 10.9. The van der Waals surface area contributed by atoms with Crippen LogP contribution < -0.4 is 15.8 Å². The molecule has 4 heteroatoms. The van der Waals surface area contributed by atoms with E-state index in [1.807, 2.05) is 30.3 Å². The van der Waals surface area contributed by atoms with Crippen LogP contribution in [0.1, 0.15) is 26.2 Å². The maximum absolute atomic E-state index is 11.7. The number of unbranched alkanes of at least 4 members (excludes halogenated alkanes) is 1. The first-order valence-corrected chi connectivity index (χ1v) is 6.43. The SMILES string of the molecule is CCCCC(CN)NC(=O)COc1ccccc1. The molecule has 0 saturated heterocycles. The normalized spacial score (nSPS) is 11.9. The molecule has 0 fully saturated rings. The topological polar surface area (TPSA) is 64.3 Å². The van der Waals surface area contributed by atoms with Gasteiger partial charge < -0.3 is 15.8 Å². The fourth-order valence-corrected chi connectivity index (χ4v) is 1.63. The number of rotatable bonds is 8. The minimum atomic E-state index is -0.120. The highest BCUT2D eigenvalue weighted by Gasteiger charge is 2.10. The van der Waals surface area contributed by atoms with Gasteiger partial charge >= 0.3 is 0 Å². The van der Waals surface area contributed by atoms with Crippen LogP contribution in [0, 0.1) is 0 Å². The lowest BCUT2D eigenvalue weighted by Gasteiger charge is -2.16. The van der Waals surface area contributed by atoms with Gasteiger partial charge in [0.1, 0.15) is 5.75 Å². The molecule has 0 bridgehead atoms. The number of amides is 1. The van der Waals surface area contributed by atoms with Crippen molar-refractivity contribution in [2.24, 2.45) is 5.73 Å². The Labute approximate surface area is 109 Å². The van der Waals surface area contributed by atoms with E-state index in [2.05, 4.69) is 12.2 Å². The second-order valence-electron chi connectivity index (χ2n) is 4.24. The summed E-state index contributed by atoms with van der Waals surface area (Å²) >= 11 is 0. The minimum absolute atomic E-state index is 0.0344. The lowest BCUT2D eigenvalue weighted by Crippen LogP contribution is -2.42. The molecule has 4 nitrogen and oxygen atoms in total. The molecule has 18 heavy (non-hydrogen) atoms. The van der Waals surface area contributed by atoms with E-state index >= 15 is 0 Å². The van der Waals surface area contributed by atoms with Gasteiger partial charge in [-0.15, -0.1) is 0 Å². The molecule has 1 unspecified atom stereocenters. The first kappa shape index (κ1) is 14.5. The number of hydrogen-bond acceptors (Lipinski definition) is 3. The fourth-order valence-electron chi connectivity index (χ4n) is 1.63. The number of para-hydroxylation sites is 1. The van der Waals surface area contributed by atoms with Crippen LogP contribution in [0.15, 0.2) is 30.3 Å². The number of benzene rings is 1. The van der Waals surface area contributed by atoms with Gasteiger partial charge in [-0.1, -0.05) is 38.0 Å². The van der Waals surface area contributed by atoms with Crippen LogP contribution in [0.2, 0.25) is 0 Å². The monoisotopic (exact) mass is 250 g/mol. The molecular weight excluding hydrogens is 228 g/mol. The smallest absolute Gasteiger partial charge is 0.258 e. The third kappa shape index (κ3) is 5.68. The Bertz CT molecular complexity index is 341. The zero-order valence-corrected chi connectivity index (χ0v) is 10.9. The molecule has 0 aliphatic heterocycles. The van der Waals surface area contributed by atoms with Gasteiger partial charge in [0.05, 0.1) is 0 Å². The van der Waals surface area contributed by atoms with Gasteiger partial charge in [-0.2, -0.15) is 0 Å². The molecule has 1 aromatic rings. The Hall–Kier alpha value is -1.55. The second kappa shape index (κ2) is 8.53. The highest BCUT2D eigenvalue weighted by atomic mass is 16.5. The highest BCUT2D eigenvalue weighted by molar-refractivity contribution is 5.77. The summed E-state index contributed by atoms with van der Waals surface area (Å²) in [6, 6.07) is 9.35. The Kier molecular flexibility index (Phi) is 6.87. The first-order valence-electron chi connectivity index (χ1n) is 6.43. The number of carbonyl (C=O) groups excluding carboxylic acids is 1. The zero-order chi connectivity index (χ0) is 13.2. The molecule has 0 heterocycles. The number of ether oxygens (including phenoxy) is 1. The third-order valence-electron chi connectivity index (χ3n) is 2.67. The summed E-state index contributed by atoms with van der Waals surface area (Å²) in [7, 11) is 0. The van der Waals surface area contributed by atoms with Crippen molar-refractivity contribution in [1.82, 2.24) is 5.32 Å². The third-order valence-corrected chi connectivity index (χ3v) is 2.67. The Balaban J connectivity index is 2.28. The maximum Gasteiger partial charge on any atom is 0.258 e. The number of nitrogens with one attached hydrogen (secondary N) is 1. The van der Waals surface area contributed by atoms with Gasteiger partial charge in [-0.25, -0.2) is 0 Å². The number of nitrogens with two attached hydrogens (primary N) is 1. The van der Waals surface area contributed by atoms with Gasteiger partial charge in [0, 0.05) is 12.6 Å². The predicted octanol–water partition coefficient (Wildman–Crippen LogP) is 1.70.